The van der Waals surface area contributed by atoms with Crippen molar-refractivity contribution in [3.63, 3.8) is 0 Å². The van der Waals surface area contributed by atoms with Crippen LogP contribution in [0.25, 0.3) is 0 Å². The molecule has 0 unspecified atom stereocenters. The molecule has 3 atom stereocenters. The summed E-state index contributed by atoms with van der Waals surface area (Å²) in [4.78, 5) is 0. The standard InChI is InChI=1S/C22H22N4O2/c1-27-11-15-9-14(7-8-19(15)28-2)20-17-6-4-3-5-16(17)18(10-23)21(26)22(20,12-24)13-25/h5,7-9,17-18,20,26H,3-4,6,11H2,1-2H3/t17-,18+,20+/m1/s1. The highest BCUT2D eigenvalue weighted by atomic mass is 16.5. The first kappa shape index (κ1) is 19.6. The SMILES string of the molecule is COCc1cc([C@H]2[C@@H]3CCCC=C3[C@H](C#N)C(=N)C2(C#N)C#N)ccc1OC. The van der Waals surface area contributed by atoms with Crippen LogP contribution in [-0.2, 0) is 11.3 Å². The van der Waals surface area contributed by atoms with Crippen molar-refractivity contribution in [2.45, 2.75) is 31.8 Å². The number of hydrogen-bond donors (Lipinski definition) is 1. The van der Waals surface area contributed by atoms with E-state index in [-0.39, 0.29) is 11.6 Å². The van der Waals surface area contributed by atoms with Crippen molar-refractivity contribution in [3.05, 3.63) is 41.0 Å². The van der Waals surface area contributed by atoms with Crippen LogP contribution in [0.5, 0.6) is 5.75 Å². The minimum atomic E-state index is -1.67. The monoisotopic (exact) mass is 374 g/mol. The molecule has 2 aliphatic carbocycles. The van der Waals surface area contributed by atoms with Gasteiger partial charge < -0.3 is 14.9 Å². The molecule has 1 saturated carbocycles. The summed E-state index contributed by atoms with van der Waals surface area (Å²) in [7, 11) is 3.18. The number of fused-ring (bicyclic) bond motifs is 1. The van der Waals surface area contributed by atoms with Crippen molar-refractivity contribution in [2.75, 3.05) is 14.2 Å². The largest absolute Gasteiger partial charge is 0.496 e. The van der Waals surface area contributed by atoms with E-state index in [2.05, 4.69) is 18.2 Å². The lowest BCUT2D eigenvalue weighted by atomic mass is 9.53. The van der Waals surface area contributed by atoms with E-state index in [1.165, 1.54) is 0 Å². The van der Waals surface area contributed by atoms with Gasteiger partial charge >= 0.3 is 0 Å². The fourth-order valence-corrected chi connectivity index (χ4v) is 4.65. The molecule has 0 bridgehead atoms. The maximum absolute atomic E-state index is 10.0. The third kappa shape index (κ3) is 2.85. The Bertz CT molecular complexity index is 931. The topological polar surface area (TPSA) is 114 Å². The number of nitriles is 3. The van der Waals surface area contributed by atoms with Crippen LogP contribution in [0.2, 0.25) is 0 Å². The summed E-state index contributed by atoms with van der Waals surface area (Å²) in [6, 6.07) is 12.0. The average molecular weight is 374 g/mol. The third-order valence-corrected chi connectivity index (χ3v) is 5.89. The van der Waals surface area contributed by atoms with Gasteiger partial charge in [-0.2, -0.15) is 15.8 Å². The molecular formula is C22H22N4O2. The summed E-state index contributed by atoms with van der Waals surface area (Å²) in [5.41, 5.74) is 0.725. The number of hydrogen-bond acceptors (Lipinski definition) is 6. The van der Waals surface area contributed by atoms with Gasteiger partial charge in [-0.25, -0.2) is 0 Å². The quantitative estimate of drug-likeness (QED) is 0.804. The third-order valence-electron chi connectivity index (χ3n) is 5.89. The van der Waals surface area contributed by atoms with Crippen LogP contribution in [0.3, 0.4) is 0 Å². The van der Waals surface area contributed by atoms with E-state index in [1.807, 2.05) is 24.3 Å². The summed E-state index contributed by atoms with van der Waals surface area (Å²) in [6.45, 7) is 0.335. The lowest BCUT2D eigenvalue weighted by molar-refractivity contribution is 0.181. The van der Waals surface area contributed by atoms with E-state index in [0.717, 1.165) is 36.0 Å². The van der Waals surface area contributed by atoms with E-state index < -0.39 is 17.3 Å². The average Bonchev–Trinajstić information content (AvgIpc) is 2.73. The molecule has 0 amide bonds. The number of nitrogens with zero attached hydrogens (tertiary/aromatic N) is 3. The number of rotatable bonds is 4. The second-order valence-electron chi connectivity index (χ2n) is 7.23. The lowest BCUT2D eigenvalue weighted by Crippen LogP contribution is -2.48. The van der Waals surface area contributed by atoms with Crippen LogP contribution >= 0.6 is 0 Å². The maximum atomic E-state index is 10.0. The number of nitrogens with one attached hydrogen (secondary N) is 1. The molecule has 0 radical (unpaired) electrons. The van der Waals surface area contributed by atoms with Gasteiger partial charge in [0.15, 0.2) is 5.41 Å². The first-order chi connectivity index (χ1) is 13.6. The van der Waals surface area contributed by atoms with E-state index in [4.69, 9.17) is 14.9 Å². The Kier molecular flexibility index (Phi) is 5.50. The molecule has 0 heterocycles. The zero-order valence-corrected chi connectivity index (χ0v) is 16.0. The van der Waals surface area contributed by atoms with Gasteiger partial charge in [-0.15, -0.1) is 0 Å². The Balaban J connectivity index is 2.23. The highest BCUT2D eigenvalue weighted by Gasteiger charge is 2.57. The fraction of sp³-hybridized carbons (Fsp3) is 0.455. The van der Waals surface area contributed by atoms with E-state index in [9.17, 15) is 15.8 Å². The second-order valence-corrected chi connectivity index (χ2v) is 7.23. The second kappa shape index (κ2) is 7.85. The molecule has 2 aliphatic rings. The van der Waals surface area contributed by atoms with E-state index >= 15 is 0 Å². The van der Waals surface area contributed by atoms with Crippen molar-refractivity contribution in [3.8, 4) is 24.0 Å². The first-order valence-electron chi connectivity index (χ1n) is 9.24. The number of allylic oxidation sites excluding steroid dienone is 2. The summed E-state index contributed by atoms with van der Waals surface area (Å²) >= 11 is 0. The van der Waals surface area contributed by atoms with Crippen molar-refractivity contribution in [1.82, 2.24) is 0 Å². The normalized spacial score (nSPS) is 25.5. The minimum Gasteiger partial charge on any atom is -0.496 e. The zero-order valence-electron chi connectivity index (χ0n) is 16.0. The summed E-state index contributed by atoms with van der Waals surface area (Å²) in [6.07, 6.45) is 4.61. The zero-order chi connectivity index (χ0) is 20.3. The summed E-state index contributed by atoms with van der Waals surface area (Å²) < 4.78 is 10.7. The van der Waals surface area contributed by atoms with Crippen LogP contribution in [0.15, 0.2) is 29.8 Å². The Labute approximate surface area is 165 Å². The van der Waals surface area contributed by atoms with Gasteiger partial charge in [0.1, 0.15) is 11.7 Å². The predicted molar refractivity (Wildman–Crippen MR) is 102 cm³/mol. The van der Waals surface area contributed by atoms with Crippen LogP contribution in [0.4, 0.5) is 0 Å². The molecule has 3 rings (SSSR count). The molecule has 1 fully saturated rings. The molecule has 6 nitrogen and oxygen atoms in total. The number of ether oxygens (including phenoxy) is 2. The van der Waals surface area contributed by atoms with Gasteiger partial charge in [0.2, 0.25) is 0 Å². The highest BCUT2D eigenvalue weighted by Crippen LogP contribution is 2.55. The highest BCUT2D eigenvalue weighted by molar-refractivity contribution is 6.00. The molecule has 0 aromatic heterocycles. The molecule has 28 heavy (non-hydrogen) atoms. The smallest absolute Gasteiger partial charge is 0.189 e. The Morgan fingerprint density at radius 1 is 1.21 bits per heavy atom. The molecule has 0 saturated heterocycles. The molecule has 1 N–H and O–H groups in total. The molecule has 142 valence electrons. The first-order valence-corrected chi connectivity index (χ1v) is 9.24. The maximum Gasteiger partial charge on any atom is 0.189 e. The van der Waals surface area contributed by atoms with Crippen molar-refractivity contribution in [2.24, 2.45) is 17.3 Å². The van der Waals surface area contributed by atoms with Gasteiger partial charge in [-0.1, -0.05) is 12.1 Å². The minimum absolute atomic E-state index is 0.112. The van der Waals surface area contributed by atoms with Crippen LogP contribution in [-0.4, -0.2) is 19.9 Å². The van der Waals surface area contributed by atoms with Crippen LogP contribution in [0, 0.1) is 56.7 Å². The summed E-state index contributed by atoms with van der Waals surface area (Å²) in [5, 5.41) is 38.3. The molecule has 1 aromatic carbocycles. The number of methoxy groups -OCH3 is 2. The van der Waals surface area contributed by atoms with Crippen molar-refractivity contribution in [1.29, 1.82) is 21.2 Å². The molecule has 0 spiro atoms. The predicted octanol–water partition coefficient (Wildman–Crippen LogP) is 3.86. The van der Waals surface area contributed by atoms with E-state index in [1.54, 1.807) is 14.2 Å². The Morgan fingerprint density at radius 3 is 2.57 bits per heavy atom. The molecule has 1 aromatic rings. The van der Waals surface area contributed by atoms with Gasteiger partial charge in [-0.05, 0) is 48.4 Å². The van der Waals surface area contributed by atoms with Gasteiger partial charge in [0.25, 0.3) is 0 Å². The van der Waals surface area contributed by atoms with Gasteiger partial charge in [-0.3, -0.25) is 0 Å². The Morgan fingerprint density at radius 2 is 1.96 bits per heavy atom. The number of benzene rings is 1. The molecule has 6 heteroatoms. The van der Waals surface area contributed by atoms with Crippen molar-refractivity contribution < 1.29 is 9.47 Å². The van der Waals surface area contributed by atoms with E-state index in [0.29, 0.717) is 12.4 Å². The van der Waals surface area contributed by atoms with Gasteiger partial charge in [0.05, 0.1) is 37.6 Å². The molecule has 0 aliphatic heterocycles. The van der Waals surface area contributed by atoms with Crippen molar-refractivity contribution >= 4 is 5.71 Å². The molecular weight excluding hydrogens is 352 g/mol. The fourth-order valence-electron chi connectivity index (χ4n) is 4.65. The Hall–Kier alpha value is -3.14. The van der Waals surface area contributed by atoms with Crippen LogP contribution < -0.4 is 4.74 Å². The van der Waals surface area contributed by atoms with Crippen LogP contribution in [0.1, 0.15) is 36.3 Å². The summed E-state index contributed by atoms with van der Waals surface area (Å²) in [5.74, 6) is -0.758. The van der Waals surface area contributed by atoms with Gasteiger partial charge in [0, 0.05) is 18.6 Å². The lowest BCUT2D eigenvalue weighted by Gasteiger charge is -2.45.